The number of carbonyl (C=O) groups is 2. The van der Waals surface area contributed by atoms with Crippen LogP contribution in [0.2, 0.25) is 0 Å². The van der Waals surface area contributed by atoms with E-state index in [2.05, 4.69) is 6.92 Å². The van der Waals surface area contributed by atoms with Crippen LogP contribution in [0.4, 0.5) is 0 Å². The molecule has 0 spiro atoms. The highest BCUT2D eigenvalue weighted by atomic mass is 16.4. The highest BCUT2D eigenvalue weighted by molar-refractivity contribution is 6.03. The topological polar surface area (TPSA) is 74.6 Å². The van der Waals surface area contributed by atoms with Gasteiger partial charge in [0.1, 0.15) is 0 Å². The van der Waals surface area contributed by atoms with Gasteiger partial charge in [0, 0.05) is 0 Å². The summed E-state index contributed by atoms with van der Waals surface area (Å²) in [6.07, 6.45) is 11.4. The maximum atomic E-state index is 11.5. The summed E-state index contributed by atoms with van der Waals surface area (Å²) in [6, 6.07) is 3.10. The van der Waals surface area contributed by atoms with Crippen molar-refractivity contribution in [3.8, 4) is 0 Å². The quantitative estimate of drug-likeness (QED) is 0.497. The van der Waals surface area contributed by atoms with Crippen molar-refractivity contribution in [3.63, 3.8) is 0 Å². The lowest BCUT2D eigenvalue weighted by Gasteiger charge is -2.12. The van der Waals surface area contributed by atoms with Crippen LogP contribution in [0.25, 0.3) is 0 Å². The molecule has 0 bridgehead atoms. The van der Waals surface area contributed by atoms with E-state index >= 15 is 0 Å². The summed E-state index contributed by atoms with van der Waals surface area (Å²) < 4.78 is 0. The van der Waals surface area contributed by atoms with Gasteiger partial charge in [-0.15, -0.1) is 0 Å². The Morgan fingerprint density at radius 2 is 1.38 bits per heavy atom. The molecule has 2 N–H and O–H groups in total. The van der Waals surface area contributed by atoms with Gasteiger partial charge in [-0.05, 0) is 37.0 Å². The van der Waals surface area contributed by atoms with Gasteiger partial charge in [-0.2, -0.15) is 0 Å². The fourth-order valence-electron chi connectivity index (χ4n) is 3.11. The smallest absolute Gasteiger partial charge is 0.336 e. The van der Waals surface area contributed by atoms with Crippen LogP contribution in [0.1, 0.15) is 96.6 Å². The van der Waals surface area contributed by atoms with Crippen molar-refractivity contribution >= 4 is 11.9 Å². The van der Waals surface area contributed by atoms with Crippen LogP contribution in [0.3, 0.4) is 0 Å². The summed E-state index contributed by atoms with van der Waals surface area (Å²) in [5, 5.41) is 18.6. The van der Waals surface area contributed by atoms with Crippen LogP contribution < -0.4 is 0 Å². The first-order chi connectivity index (χ1) is 11.5. The largest absolute Gasteiger partial charge is 0.478 e. The second-order valence-corrected chi connectivity index (χ2v) is 6.47. The molecule has 0 aromatic heterocycles. The molecule has 0 amide bonds. The number of carboxylic acid groups (broad SMARTS) is 2. The molecule has 0 unspecified atom stereocenters. The zero-order valence-electron chi connectivity index (χ0n) is 14.9. The Morgan fingerprint density at radius 1 is 0.833 bits per heavy atom. The van der Waals surface area contributed by atoms with Crippen molar-refractivity contribution in [1.82, 2.24) is 0 Å². The Balaban J connectivity index is 2.51. The number of hydrogen-bond acceptors (Lipinski definition) is 2. The predicted octanol–water partition coefficient (Wildman–Crippen LogP) is 5.46. The lowest BCUT2D eigenvalue weighted by atomic mass is 9.92. The first kappa shape index (κ1) is 20.2. The SMILES string of the molecule is CCCCCCCCCCCc1c(C)ccc(C(=O)O)c1C(=O)O. The first-order valence-corrected chi connectivity index (χ1v) is 9.08. The van der Waals surface area contributed by atoms with Gasteiger partial charge < -0.3 is 10.2 Å². The third kappa shape index (κ3) is 6.34. The lowest BCUT2D eigenvalue weighted by Crippen LogP contribution is -2.13. The van der Waals surface area contributed by atoms with Gasteiger partial charge in [0.15, 0.2) is 0 Å². The van der Waals surface area contributed by atoms with E-state index in [0.29, 0.717) is 12.0 Å². The van der Waals surface area contributed by atoms with Crippen LogP contribution in [-0.4, -0.2) is 22.2 Å². The Morgan fingerprint density at radius 3 is 1.88 bits per heavy atom. The van der Waals surface area contributed by atoms with E-state index in [1.807, 2.05) is 6.92 Å². The van der Waals surface area contributed by atoms with Crippen molar-refractivity contribution in [1.29, 1.82) is 0 Å². The fourth-order valence-corrected chi connectivity index (χ4v) is 3.11. The fraction of sp³-hybridized carbons (Fsp3) is 0.600. The minimum atomic E-state index is -1.18. The normalized spacial score (nSPS) is 10.8. The molecule has 0 saturated heterocycles. The van der Waals surface area contributed by atoms with Gasteiger partial charge in [-0.3, -0.25) is 0 Å². The van der Waals surface area contributed by atoms with Crippen LogP contribution in [0.15, 0.2) is 12.1 Å². The zero-order valence-corrected chi connectivity index (χ0v) is 14.9. The number of carboxylic acids is 2. The van der Waals surface area contributed by atoms with E-state index in [1.54, 1.807) is 6.07 Å². The maximum Gasteiger partial charge on any atom is 0.336 e. The molecule has 0 fully saturated rings. The second-order valence-electron chi connectivity index (χ2n) is 6.47. The van der Waals surface area contributed by atoms with Gasteiger partial charge in [0.2, 0.25) is 0 Å². The highest BCUT2D eigenvalue weighted by Crippen LogP contribution is 2.22. The molecule has 0 radical (unpaired) electrons. The Bertz CT molecular complexity index is 549. The number of aryl methyl sites for hydroxylation is 1. The number of rotatable bonds is 12. The summed E-state index contributed by atoms with van der Waals surface area (Å²) in [6.45, 7) is 4.06. The number of aromatic carboxylic acids is 2. The number of hydrogen-bond donors (Lipinski definition) is 2. The molecule has 0 heterocycles. The Hall–Kier alpha value is -1.84. The van der Waals surface area contributed by atoms with Crippen LogP contribution in [0, 0.1) is 6.92 Å². The Labute approximate surface area is 144 Å². The molecule has 1 aromatic carbocycles. The molecule has 134 valence electrons. The van der Waals surface area contributed by atoms with Crippen LogP contribution in [-0.2, 0) is 6.42 Å². The van der Waals surface area contributed by atoms with Crippen molar-refractivity contribution in [2.75, 3.05) is 0 Å². The van der Waals surface area contributed by atoms with Crippen molar-refractivity contribution in [3.05, 3.63) is 34.4 Å². The predicted molar refractivity (Wildman–Crippen MR) is 96.0 cm³/mol. The van der Waals surface area contributed by atoms with Crippen molar-refractivity contribution < 1.29 is 19.8 Å². The van der Waals surface area contributed by atoms with Gasteiger partial charge in [0.25, 0.3) is 0 Å². The summed E-state index contributed by atoms with van der Waals surface area (Å²) in [4.78, 5) is 22.7. The average Bonchev–Trinajstić information content (AvgIpc) is 2.53. The van der Waals surface area contributed by atoms with Gasteiger partial charge in [-0.25, -0.2) is 9.59 Å². The summed E-state index contributed by atoms with van der Waals surface area (Å²) in [7, 11) is 0. The molecule has 24 heavy (non-hydrogen) atoms. The molecule has 0 atom stereocenters. The van der Waals surface area contributed by atoms with E-state index < -0.39 is 11.9 Å². The van der Waals surface area contributed by atoms with Gasteiger partial charge in [-0.1, -0.05) is 64.4 Å². The van der Waals surface area contributed by atoms with Gasteiger partial charge >= 0.3 is 11.9 Å². The lowest BCUT2D eigenvalue weighted by molar-refractivity contribution is 0.0650. The summed E-state index contributed by atoms with van der Waals surface area (Å²) in [5.41, 5.74) is 1.38. The highest BCUT2D eigenvalue weighted by Gasteiger charge is 2.21. The monoisotopic (exact) mass is 334 g/mol. The zero-order chi connectivity index (χ0) is 17.9. The standard InChI is InChI=1S/C20H30O4/c1-3-4-5-6-7-8-9-10-11-12-16-15(2)13-14-17(19(21)22)18(16)20(23)24/h13-14H,3-12H2,1-2H3,(H,21,22)(H,23,24). The average molecular weight is 334 g/mol. The molecular weight excluding hydrogens is 304 g/mol. The molecular formula is C20H30O4. The van der Waals surface area contributed by atoms with E-state index in [9.17, 15) is 19.8 Å². The minimum absolute atomic E-state index is 0.0398. The number of unbranched alkanes of at least 4 members (excludes halogenated alkanes) is 8. The molecule has 1 aromatic rings. The van der Waals surface area contributed by atoms with Crippen molar-refractivity contribution in [2.24, 2.45) is 0 Å². The molecule has 0 aliphatic carbocycles. The maximum absolute atomic E-state index is 11.5. The molecule has 0 aliphatic heterocycles. The third-order valence-electron chi connectivity index (χ3n) is 4.52. The van der Waals surface area contributed by atoms with Gasteiger partial charge in [0.05, 0.1) is 11.1 Å². The molecule has 1 rings (SSSR count). The minimum Gasteiger partial charge on any atom is -0.478 e. The van der Waals surface area contributed by atoms with Crippen molar-refractivity contribution in [2.45, 2.75) is 78.1 Å². The number of benzene rings is 1. The van der Waals surface area contributed by atoms with E-state index in [1.165, 1.54) is 44.6 Å². The van der Waals surface area contributed by atoms with Crippen LogP contribution >= 0.6 is 0 Å². The molecule has 4 nitrogen and oxygen atoms in total. The van der Waals surface area contributed by atoms with E-state index in [-0.39, 0.29) is 11.1 Å². The molecule has 0 aliphatic rings. The molecule has 4 heteroatoms. The third-order valence-corrected chi connectivity index (χ3v) is 4.52. The van der Waals surface area contributed by atoms with E-state index in [0.717, 1.165) is 24.8 Å². The second kappa shape index (κ2) is 10.8. The van der Waals surface area contributed by atoms with Crippen LogP contribution in [0.5, 0.6) is 0 Å². The summed E-state index contributed by atoms with van der Waals surface area (Å²) in [5.74, 6) is -2.33. The molecule has 0 saturated carbocycles. The summed E-state index contributed by atoms with van der Waals surface area (Å²) >= 11 is 0. The first-order valence-electron chi connectivity index (χ1n) is 9.08. The van der Waals surface area contributed by atoms with E-state index in [4.69, 9.17) is 0 Å². The Kier molecular flexibility index (Phi) is 9.13.